The van der Waals surface area contributed by atoms with E-state index in [0.29, 0.717) is 47.3 Å². The van der Waals surface area contributed by atoms with Crippen LogP contribution in [0.2, 0.25) is 0 Å². The predicted molar refractivity (Wildman–Crippen MR) is 261 cm³/mol. The van der Waals surface area contributed by atoms with Gasteiger partial charge < -0.3 is 43.7 Å². The van der Waals surface area contributed by atoms with Gasteiger partial charge in [0.15, 0.2) is 21.7 Å². The van der Waals surface area contributed by atoms with Crippen LogP contribution < -0.4 is 11.0 Å². The third kappa shape index (κ3) is 17.2. The van der Waals surface area contributed by atoms with Gasteiger partial charge in [-0.1, -0.05) is 30.0 Å². The number of likely N-dealkylation sites (N-methyl/N-ethyl adjacent to an activating group) is 8. The molecule has 2 aromatic heterocycles. The fourth-order valence-corrected chi connectivity index (χ4v) is 6.27. The Bertz CT molecular complexity index is 2070. The Balaban J connectivity index is 0.000000380. The van der Waals surface area contributed by atoms with Crippen LogP contribution in [0.25, 0.3) is 0 Å². The molecule has 4 aliphatic heterocycles. The largest absolute Gasteiger partial charge is 0.504 e. The normalized spacial score (nSPS) is 16.6. The minimum atomic E-state index is -0.374. The number of imide groups is 1. The predicted octanol–water partition coefficient (Wildman–Crippen LogP) is 3.81. The monoisotopic (exact) mass is 981 g/mol. The van der Waals surface area contributed by atoms with E-state index in [-0.39, 0.29) is 58.7 Å². The molecule has 24 heteroatoms. The van der Waals surface area contributed by atoms with Crippen molar-refractivity contribution >= 4 is 98.7 Å². The number of allylic oxidation sites excluding steroid dienone is 3. The highest BCUT2D eigenvalue weighted by molar-refractivity contribution is 7.82. The number of amides is 6. The van der Waals surface area contributed by atoms with Gasteiger partial charge in [0.2, 0.25) is 23.0 Å². The molecule has 6 heterocycles. The maximum atomic E-state index is 11.1. The van der Waals surface area contributed by atoms with Gasteiger partial charge in [0.05, 0.1) is 31.5 Å². The molecule has 0 saturated carbocycles. The number of carbonyl (C=O) groups excluding carboxylic acids is 5. The molecule has 4 saturated heterocycles. The summed E-state index contributed by atoms with van der Waals surface area (Å²) >= 11 is 20.1. The number of aromatic hydroxyl groups is 1. The summed E-state index contributed by atoms with van der Waals surface area (Å²) in [6.07, 6.45) is 7.35. The van der Waals surface area contributed by atoms with Crippen LogP contribution in [0.4, 0.5) is 9.59 Å². The number of carbonyl (C=O) groups is 5. The topological polar surface area (TPSA) is 228 Å². The lowest BCUT2D eigenvalue weighted by atomic mass is 10.1. The number of nitrogens with one attached hydrogen (secondary N) is 1. The van der Waals surface area contributed by atoms with Gasteiger partial charge in [-0.05, 0) is 91.5 Å². The third-order valence-corrected chi connectivity index (χ3v) is 11.4. The number of aromatic nitrogens is 1. The Hall–Kier alpha value is -5.85. The van der Waals surface area contributed by atoms with E-state index >= 15 is 0 Å². The van der Waals surface area contributed by atoms with E-state index in [1.54, 1.807) is 32.8 Å². The minimum Gasteiger partial charge on any atom is -0.504 e. The molecular formula is C41H59N9O11S4. The standard InChI is InChI=1S/C7H8O2.C6H10N2O2.2C6H10N2OS.C6H10N2S2.C6H6O3.C4H5NO2/c1-5-2-3-6(8)7(9)4-5;1-3-8-4-5(9)7(2)6(8)10;1-3-8-4-5(10)7(2)6(8)9;2*1-3-8-4-5(9)7(2)6(8)10;1-4-2-9-3-5(7)6(4)8;1-3-2-7-5-4(3)6/h3-4,8H,2H2,1H3;4*3-4H2,1-2H3;2-3,7H,1H3;2H,1H3,(H,5,6). The number of aliphatic hydroxyl groups excluding tert-OH is 1. The number of urea groups is 2. The Morgan fingerprint density at radius 2 is 1.06 bits per heavy atom. The zero-order valence-corrected chi connectivity index (χ0v) is 41.8. The van der Waals surface area contributed by atoms with Crippen LogP contribution in [-0.2, 0) is 14.4 Å². The number of aromatic amines is 1. The molecule has 0 atom stereocenters. The number of hydrogen-bond donors (Lipinski definition) is 3. The molecule has 0 bridgehead atoms. The molecule has 358 valence electrons. The van der Waals surface area contributed by atoms with Gasteiger partial charge in [-0.3, -0.25) is 38.7 Å². The van der Waals surface area contributed by atoms with Gasteiger partial charge >= 0.3 is 12.1 Å². The maximum Gasteiger partial charge on any atom is 0.326 e. The zero-order valence-electron chi connectivity index (χ0n) is 38.5. The molecule has 0 unspecified atom stereocenters. The Kier molecular flexibility index (Phi) is 24.2. The lowest BCUT2D eigenvalue weighted by Crippen LogP contribution is -2.29. The smallest absolute Gasteiger partial charge is 0.326 e. The second-order valence-electron chi connectivity index (χ2n) is 14.3. The highest BCUT2D eigenvalue weighted by atomic mass is 32.1. The fourth-order valence-electron chi connectivity index (χ4n) is 5.14. The first-order valence-electron chi connectivity index (χ1n) is 20.1. The van der Waals surface area contributed by atoms with Gasteiger partial charge in [-0.15, -0.1) is 0 Å². The molecule has 4 fully saturated rings. The van der Waals surface area contributed by atoms with Crippen molar-refractivity contribution in [3.8, 4) is 5.75 Å². The fraction of sp³-hybridized carbons (Fsp3) is 0.488. The molecule has 0 aromatic carbocycles. The number of ketones is 1. The van der Waals surface area contributed by atoms with Crippen LogP contribution in [0.1, 0.15) is 52.2 Å². The van der Waals surface area contributed by atoms with E-state index in [1.807, 2.05) is 44.5 Å². The second-order valence-corrected chi connectivity index (χ2v) is 15.9. The van der Waals surface area contributed by atoms with Gasteiger partial charge in [0.1, 0.15) is 29.0 Å². The molecule has 5 aliphatic rings. The quantitative estimate of drug-likeness (QED) is 0.292. The summed E-state index contributed by atoms with van der Waals surface area (Å²) < 4.78 is 8.98. The molecule has 0 radical (unpaired) electrons. The molecule has 0 spiro atoms. The van der Waals surface area contributed by atoms with Crippen molar-refractivity contribution in [3.05, 3.63) is 74.0 Å². The number of aryl methyl sites for hydroxylation is 2. The Labute approximate surface area is 399 Å². The summed E-state index contributed by atoms with van der Waals surface area (Å²) in [6.45, 7) is 18.2. The van der Waals surface area contributed by atoms with Crippen molar-refractivity contribution in [3.63, 3.8) is 0 Å². The molecule has 7 rings (SSSR count). The van der Waals surface area contributed by atoms with Crippen LogP contribution in [0.15, 0.2) is 60.8 Å². The number of hydrogen-bond acceptors (Lipinski definition) is 15. The Morgan fingerprint density at radius 1 is 0.600 bits per heavy atom. The van der Waals surface area contributed by atoms with Crippen LogP contribution in [0.5, 0.6) is 5.75 Å². The maximum absolute atomic E-state index is 11.1. The van der Waals surface area contributed by atoms with Crippen molar-refractivity contribution in [2.75, 3.05) is 80.5 Å². The van der Waals surface area contributed by atoms with Gasteiger partial charge in [0, 0.05) is 59.9 Å². The highest BCUT2D eigenvalue weighted by Crippen LogP contribution is 2.12. The van der Waals surface area contributed by atoms with E-state index in [2.05, 4.69) is 25.9 Å². The van der Waals surface area contributed by atoms with Crippen LogP contribution in [0, 0.1) is 13.8 Å². The molecular weight excluding hydrogens is 923 g/mol. The van der Waals surface area contributed by atoms with Gasteiger partial charge in [-0.2, -0.15) is 5.16 Å². The Morgan fingerprint density at radius 3 is 1.32 bits per heavy atom. The third-order valence-electron chi connectivity index (χ3n) is 9.57. The van der Waals surface area contributed by atoms with Crippen molar-refractivity contribution < 1.29 is 43.1 Å². The highest BCUT2D eigenvalue weighted by Gasteiger charge is 2.32. The number of rotatable bonds is 4. The number of H-pyrrole nitrogens is 1. The summed E-state index contributed by atoms with van der Waals surface area (Å²) in [5, 5.41) is 21.1. The summed E-state index contributed by atoms with van der Waals surface area (Å²) in [5.74, 6) is -0.770. The van der Waals surface area contributed by atoms with E-state index in [0.717, 1.165) is 53.0 Å². The molecule has 20 nitrogen and oxygen atoms in total. The van der Waals surface area contributed by atoms with E-state index < -0.39 is 0 Å². The number of aliphatic hydroxyl groups is 1. The average Bonchev–Trinajstić information content (AvgIpc) is 4.01. The van der Waals surface area contributed by atoms with Crippen molar-refractivity contribution in [1.29, 1.82) is 0 Å². The van der Waals surface area contributed by atoms with Crippen LogP contribution in [-0.4, -0.2) is 185 Å². The first kappa shape index (κ1) is 57.2. The van der Waals surface area contributed by atoms with Gasteiger partial charge in [-0.25, -0.2) is 9.59 Å². The van der Waals surface area contributed by atoms with Crippen molar-refractivity contribution in [2.24, 2.45) is 0 Å². The molecule has 1 aliphatic carbocycles. The first-order chi connectivity index (χ1) is 30.4. The second kappa shape index (κ2) is 27.5. The average molecular weight is 982 g/mol. The molecule has 6 amide bonds. The van der Waals surface area contributed by atoms with E-state index in [4.69, 9.17) is 59.1 Å². The van der Waals surface area contributed by atoms with Gasteiger partial charge in [0.25, 0.3) is 5.56 Å². The van der Waals surface area contributed by atoms with Crippen molar-refractivity contribution in [2.45, 2.75) is 54.9 Å². The number of nitrogens with zero attached hydrogens (tertiary/aromatic N) is 8. The molecule has 3 N–H and O–H groups in total. The lowest BCUT2D eigenvalue weighted by molar-refractivity contribution is -0.125. The summed E-state index contributed by atoms with van der Waals surface area (Å²) in [7, 11) is 6.83. The zero-order chi connectivity index (χ0) is 49.9. The van der Waals surface area contributed by atoms with Crippen LogP contribution >= 0.6 is 48.9 Å². The molecule has 2 aromatic rings. The molecule has 65 heavy (non-hydrogen) atoms. The SMILES string of the molecule is CC1=CC(=O)C(O)=CC1.CCN1CC(=O)N(C)C1=O.CCN1CC(=O)N(C)C1=S.CCN1CC(=S)N(C)C1=O.CCN1CC(=S)N(C)C1=S.Cc1co[nH]c1=O.Cc1cocc(O)c1=O. The van der Waals surface area contributed by atoms with E-state index in [9.17, 15) is 33.6 Å². The van der Waals surface area contributed by atoms with Crippen molar-refractivity contribution in [1.82, 2.24) is 44.4 Å². The van der Waals surface area contributed by atoms with E-state index in [1.165, 1.54) is 46.4 Å². The summed E-state index contributed by atoms with van der Waals surface area (Å²) in [6, 6.07) is -0.167. The lowest BCUT2D eigenvalue weighted by Gasteiger charge is -2.14. The number of thiocarbonyl (C=S) groups is 4. The van der Waals surface area contributed by atoms with Crippen LogP contribution in [0.3, 0.4) is 0 Å². The summed E-state index contributed by atoms with van der Waals surface area (Å²) in [4.78, 5) is 90.2. The summed E-state index contributed by atoms with van der Waals surface area (Å²) in [5.41, 5.74) is 1.49. The first-order valence-corrected chi connectivity index (χ1v) is 21.7. The minimum absolute atomic E-state index is 0.0208.